The number of hydrogen-bond donors (Lipinski definition) is 0. The Morgan fingerprint density at radius 1 is 1.39 bits per heavy atom. The molecule has 0 fully saturated rings. The molecule has 1 aromatic carbocycles. The SMILES string of the molecule is CC(=O)OCC(=O)N1Cc2cnc3c(Cl)c(Cl)cc(Br)c3c2C1. The predicted octanol–water partition coefficient (Wildman–Crippen LogP) is 3.71. The second-order valence-corrected chi connectivity index (χ2v) is 6.81. The van der Waals surface area contributed by atoms with E-state index >= 15 is 0 Å². The van der Waals surface area contributed by atoms with Gasteiger partial charge in [0.15, 0.2) is 6.61 Å². The number of aromatic nitrogens is 1. The maximum atomic E-state index is 12.1. The quantitative estimate of drug-likeness (QED) is 0.552. The Morgan fingerprint density at radius 2 is 2.13 bits per heavy atom. The lowest BCUT2D eigenvalue weighted by atomic mass is 10.1. The minimum atomic E-state index is -0.480. The number of carbonyl (C=O) groups is 2. The summed E-state index contributed by atoms with van der Waals surface area (Å²) in [5.41, 5.74) is 2.50. The van der Waals surface area contributed by atoms with Crippen LogP contribution in [0.5, 0.6) is 0 Å². The first-order valence-corrected chi connectivity index (χ1v) is 8.28. The van der Waals surface area contributed by atoms with Gasteiger partial charge in [0.2, 0.25) is 0 Å². The molecule has 0 unspecified atom stereocenters. The number of halogens is 3. The van der Waals surface area contributed by atoms with Gasteiger partial charge in [-0.05, 0) is 17.2 Å². The fourth-order valence-electron chi connectivity index (χ4n) is 2.57. The highest BCUT2D eigenvalue weighted by molar-refractivity contribution is 9.10. The van der Waals surface area contributed by atoms with E-state index in [1.807, 2.05) is 0 Å². The predicted molar refractivity (Wildman–Crippen MR) is 90.4 cm³/mol. The number of carbonyl (C=O) groups excluding carboxylic acids is 2. The molecule has 1 aliphatic rings. The molecule has 2 aromatic rings. The molecule has 0 N–H and O–H groups in total. The van der Waals surface area contributed by atoms with Gasteiger partial charge in [0.25, 0.3) is 5.91 Å². The van der Waals surface area contributed by atoms with E-state index in [2.05, 4.69) is 20.9 Å². The van der Waals surface area contributed by atoms with Crippen LogP contribution < -0.4 is 0 Å². The first-order valence-electron chi connectivity index (χ1n) is 6.73. The van der Waals surface area contributed by atoms with Crippen molar-refractivity contribution in [1.29, 1.82) is 0 Å². The van der Waals surface area contributed by atoms with Gasteiger partial charge in [0.1, 0.15) is 0 Å². The van der Waals surface area contributed by atoms with Crippen LogP contribution in [0, 0.1) is 0 Å². The number of hydrogen-bond acceptors (Lipinski definition) is 4. The lowest BCUT2D eigenvalue weighted by molar-refractivity contribution is -0.150. The van der Waals surface area contributed by atoms with Gasteiger partial charge in [-0.2, -0.15) is 0 Å². The topological polar surface area (TPSA) is 59.5 Å². The lowest BCUT2D eigenvalue weighted by Crippen LogP contribution is -2.29. The molecule has 0 aliphatic carbocycles. The van der Waals surface area contributed by atoms with Gasteiger partial charge in [-0.1, -0.05) is 39.1 Å². The Bertz CT molecular complexity index is 841. The fourth-order valence-corrected chi connectivity index (χ4v) is 3.76. The maximum absolute atomic E-state index is 12.1. The van der Waals surface area contributed by atoms with Crippen molar-refractivity contribution < 1.29 is 14.3 Å². The van der Waals surface area contributed by atoms with Crippen LogP contribution in [0.15, 0.2) is 16.7 Å². The number of nitrogens with zero attached hydrogens (tertiary/aromatic N) is 2. The van der Waals surface area contributed by atoms with Crippen LogP contribution in [-0.4, -0.2) is 28.4 Å². The largest absolute Gasteiger partial charge is 0.456 e. The Balaban J connectivity index is 1.97. The van der Waals surface area contributed by atoms with E-state index in [0.717, 1.165) is 21.0 Å². The first kappa shape index (κ1) is 16.5. The molecule has 0 radical (unpaired) electrons. The normalized spacial score (nSPS) is 13.3. The van der Waals surface area contributed by atoms with Crippen molar-refractivity contribution in [2.24, 2.45) is 0 Å². The molecule has 23 heavy (non-hydrogen) atoms. The van der Waals surface area contributed by atoms with Crippen LogP contribution >= 0.6 is 39.1 Å². The summed E-state index contributed by atoms with van der Waals surface area (Å²) < 4.78 is 5.55. The van der Waals surface area contributed by atoms with E-state index in [1.54, 1.807) is 17.2 Å². The van der Waals surface area contributed by atoms with Gasteiger partial charge in [-0.15, -0.1) is 0 Å². The summed E-state index contributed by atoms with van der Waals surface area (Å²) in [5.74, 6) is -0.730. The second-order valence-electron chi connectivity index (χ2n) is 5.17. The summed E-state index contributed by atoms with van der Waals surface area (Å²) in [6.45, 7) is 1.84. The molecule has 120 valence electrons. The van der Waals surface area contributed by atoms with E-state index in [9.17, 15) is 9.59 Å². The first-order chi connectivity index (χ1) is 10.9. The highest BCUT2D eigenvalue weighted by Gasteiger charge is 2.27. The van der Waals surface area contributed by atoms with Crippen molar-refractivity contribution >= 4 is 61.9 Å². The van der Waals surface area contributed by atoms with Crippen molar-refractivity contribution in [2.45, 2.75) is 20.0 Å². The standard InChI is InChI=1S/C15H11BrCl2N2O3/c1-7(21)23-6-12(22)20-4-8-3-19-15-13(9(8)5-20)10(16)2-11(17)14(15)18/h2-3H,4-6H2,1H3. The zero-order valence-electron chi connectivity index (χ0n) is 12.0. The number of amides is 1. The Kier molecular flexibility index (Phi) is 4.49. The molecule has 1 aromatic heterocycles. The minimum absolute atomic E-state index is 0.249. The molecule has 5 nitrogen and oxygen atoms in total. The number of fused-ring (bicyclic) bond motifs is 3. The molecule has 0 saturated heterocycles. The minimum Gasteiger partial charge on any atom is -0.456 e. The van der Waals surface area contributed by atoms with E-state index in [-0.39, 0.29) is 12.5 Å². The van der Waals surface area contributed by atoms with Gasteiger partial charge in [0, 0.05) is 36.1 Å². The van der Waals surface area contributed by atoms with Crippen LogP contribution in [0.1, 0.15) is 18.1 Å². The van der Waals surface area contributed by atoms with Crippen molar-refractivity contribution in [2.75, 3.05) is 6.61 Å². The summed E-state index contributed by atoms with van der Waals surface area (Å²) in [4.78, 5) is 29.0. The van der Waals surface area contributed by atoms with Gasteiger partial charge < -0.3 is 9.64 Å². The summed E-state index contributed by atoms with van der Waals surface area (Å²) in [7, 11) is 0. The zero-order chi connectivity index (χ0) is 16.7. The number of rotatable bonds is 2. The van der Waals surface area contributed by atoms with E-state index in [0.29, 0.717) is 28.7 Å². The summed E-state index contributed by atoms with van der Waals surface area (Å²) in [6.07, 6.45) is 1.70. The Morgan fingerprint density at radius 3 is 2.83 bits per heavy atom. The second kappa shape index (κ2) is 6.26. The molecule has 0 spiro atoms. The maximum Gasteiger partial charge on any atom is 0.303 e. The van der Waals surface area contributed by atoms with E-state index in [1.165, 1.54) is 6.92 Å². The number of esters is 1. The molecule has 8 heteroatoms. The molecule has 0 saturated carbocycles. The molecular weight excluding hydrogens is 407 g/mol. The number of pyridine rings is 1. The van der Waals surface area contributed by atoms with Crippen molar-refractivity contribution in [3.63, 3.8) is 0 Å². The summed E-state index contributed by atoms with van der Waals surface area (Å²) in [6, 6.07) is 1.72. The van der Waals surface area contributed by atoms with Crippen LogP contribution in [0.25, 0.3) is 10.9 Å². The zero-order valence-corrected chi connectivity index (χ0v) is 15.1. The van der Waals surface area contributed by atoms with Gasteiger partial charge in [0.05, 0.1) is 15.6 Å². The molecule has 2 heterocycles. The highest BCUT2D eigenvalue weighted by atomic mass is 79.9. The van der Waals surface area contributed by atoms with Crippen LogP contribution in [0.2, 0.25) is 10.0 Å². The fraction of sp³-hybridized carbons (Fsp3) is 0.267. The average molecular weight is 418 g/mol. The number of ether oxygens (including phenoxy) is 1. The Hall–Kier alpha value is -1.37. The van der Waals surface area contributed by atoms with Crippen LogP contribution in [-0.2, 0) is 27.4 Å². The van der Waals surface area contributed by atoms with Crippen molar-refractivity contribution in [1.82, 2.24) is 9.88 Å². The molecule has 1 amide bonds. The molecule has 3 rings (SSSR count). The van der Waals surface area contributed by atoms with Crippen LogP contribution in [0.4, 0.5) is 0 Å². The van der Waals surface area contributed by atoms with Crippen molar-refractivity contribution in [3.8, 4) is 0 Å². The third-order valence-corrected chi connectivity index (χ3v) is 5.05. The third kappa shape index (κ3) is 3.03. The third-order valence-electron chi connectivity index (χ3n) is 3.65. The highest BCUT2D eigenvalue weighted by Crippen LogP contribution is 2.39. The summed E-state index contributed by atoms with van der Waals surface area (Å²) >= 11 is 15.8. The van der Waals surface area contributed by atoms with E-state index < -0.39 is 5.97 Å². The van der Waals surface area contributed by atoms with Gasteiger partial charge in [-0.25, -0.2) is 0 Å². The van der Waals surface area contributed by atoms with Crippen molar-refractivity contribution in [3.05, 3.63) is 37.9 Å². The monoisotopic (exact) mass is 416 g/mol. The molecule has 0 atom stereocenters. The average Bonchev–Trinajstić information content (AvgIpc) is 2.93. The lowest BCUT2D eigenvalue weighted by Gasteiger charge is -2.15. The Labute approximate surface area is 150 Å². The molecular formula is C15H11BrCl2N2O3. The smallest absolute Gasteiger partial charge is 0.303 e. The summed E-state index contributed by atoms with van der Waals surface area (Å²) in [5, 5.41) is 1.65. The van der Waals surface area contributed by atoms with Crippen LogP contribution in [0.3, 0.4) is 0 Å². The molecule has 0 bridgehead atoms. The van der Waals surface area contributed by atoms with Gasteiger partial charge >= 0.3 is 5.97 Å². The van der Waals surface area contributed by atoms with Gasteiger partial charge in [-0.3, -0.25) is 14.6 Å². The molecule has 1 aliphatic heterocycles. The number of benzene rings is 1. The van der Waals surface area contributed by atoms with E-state index in [4.69, 9.17) is 27.9 Å².